The Kier molecular flexibility index (Phi) is 4.28. The topological polar surface area (TPSA) is 29.1 Å². The molecule has 0 saturated carbocycles. The van der Waals surface area contributed by atoms with Crippen molar-refractivity contribution in [3.8, 4) is 0 Å². The van der Waals surface area contributed by atoms with E-state index >= 15 is 0 Å². The monoisotopic (exact) mass is 209 g/mol. The van der Waals surface area contributed by atoms with E-state index in [1.54, 1.807) is 18.2 Å². The molecule has 0 bridgehead atoms. The van der Waals surface area contributed by atoms with Gasteiger partial charge >= 0.3 is 0 Å². The Morgan fingerprint density at radius 2 is 2.13 bits per heavy atom. The zero-order valence-corrected chi connectivity index (χ0v) is 9.09. The van der Waals surface area contributed by atoms with Gasteiger partial charge in [-0.25, -0.2) is 4.39 Å². The molecule has 0 aliphatic heterocycles. The molecule has 0 aromatic heterocycles. The summed E-state index contributed by atoms with van der Waals surface area (Å²) in [4.78, 5) is 11.5. The van der Waals surface area contributed by atoms with E-state index in [0.29, 0.717) is 5.56 Å². The van der Waals surface area contributed by atoms with Crippen LogP contribution in [0.5, 0.6) is 0 Å². The molecule has 2 nitrogen and oxygen atoms in total. The smallest absolute Gasteiger partial charge is 0.224 e. The summed E-state index contributed by atoms with van der Waals surface area (Å²) >= 11 is 0. The molecule has 0 fully saturated rings. The van der Waals surface area contributed by atoms with Crippen molar-refractivity contribution in [3.63, 3.8) is 0 Å². The van der Waals surface area contributed by atoms with E-state index < -0.39 is 0 Å². The van der Waals surface area contributed by atoms with Crippen LogP contribution < -0.4 is 5.32 Å². The summed E-state index contributed by atoms with van der Waals surface area (Å²) in [5.41, 5.74) is 0.443. The van der Waals surface area contributed by atoms with Gasteiger partial charge in [-0.3, -0.25) is 4.79 Å². The van der Waals surface area contributed by atoms with Gasteiger partial charge in [0, 0.05) is 6.04 Å². The lowest BCUT2D eigenvalue weighted by atomic mass is 10.1. The molecule has 0 aliphatic rings. The van der Waals surface area contributed by atoms with Gasteiger partial charge in [0.15, 0.2) is 0 Å². The highest BCUT2D eigenvalue weighted by molar-refractivity contribution is 5.78. The number of benzene rings is 1. The van der Waals surface area contributed by atoms with Gasteiger partial charge in [-0.1, -0.05) is 25.1 Å². The van der Waals surface area contributed by atoms with Crippen LogP contribution in [0.4, 0.5) is 4.39 Å². The van der Waals surface area contributed by atoms with Crippen molar-refractivity contribution in [1.29, 1.82) is 0 Å². The lowest BCUT2D eigenvalue weighted by Crippen LogP contribution is -2.33. The summed E-state index contributed by atoms with van der Waals surface area (Å²) < 4.78 is 13.2. The normalized spacial score (nSPS) is 12.2. The summed E-state index contributed by atoms with van der Waals surface area (Å²) in [6.45, 7) is 3.92. The van der Waals surface area contributed by atoms with Crippen molar-refractivity contribution in [2.24, 2.45) is 0 Å². The zero-order chi connectivity index (χ0) is 11.3. The SMILES string of the molecule is CCC(C)NC(=O)Cc1ccccc1F. The van der Waals surface area contributed by atoms with Gasteiger partial charge in [0.05, 0.1) is 6.42 Å². The van der Waals surface area contributed by atoms with Crippen LogP contribution >= 0.6 is 0 Å². The molecule has 1 atom stereocenters. The molecule has 3 heteroatoms. The molecule has 1 rings (SSSR count). The highest BCUT2D eigenvalue weighted by atomic mass is 19.1. The summed E-state index contributed by atoms with van der Waals surface area (Å²) in [6.07, 6.45) is 0.986. The van der Waals surface area contributed by atoms with Crippen LogP contribution in [0.25, 0.3) is 0 Å². The maximum absolute atomic E-state index is 13.2. The third-order valence-electron chi connectivity index (χ3n) is 2.33. The average molecular weight is 209 g/mol. The van der Waals surface area contributed by atoms with Crippen LogP contribution in [0.1, 0.15) is 25.8 Å². The van der Waals surface area contributed by atoms with Gasteiger partial charge in [-0.15, -0.1) is 0 Å². The number of nitrogens with one attached hydrogen (secondary N) is 1. The second-order valence-electron chi connectivity index (χ2n) is 3.64. The molecule has 0 spiro atoms. The van der Waals surface area contributed by atoms with E-state index in [0.717, 1.165) is 6.42 Å². The van der Waals surface area contributed by atoms with Crippen LogP contribution in [0.3, 0.4) is 0 Å². The fraction of sp³-hybridized carbons (Fsp3) is 0.417. The number of hydrogen-bond acceptors (Lipinski definition) is 1. The molecule has 0 aliphatic carbocycles. The Morgan fingerprint density at radius 1 is 1.47 bits per heavy atom. The Hall–Kier alpha value is -1.38. The lowest BCUT2D eigenvalue weighted by Gasteiger charge is -2.11. The van der Waals surface area contributed by atoms with Crippen molar-refractivity contribution < 1.29 is 9.18 Å². The number of carbonyl (C=O) groups excluding carboxylic acids is 1. The Bertz CT molecular complexity index is 338. The van der Waals surface area contributed by atoms with Crippen molar-refractivity contribution in [3.05, 3.63) is 35.6 Å². The minimum absolute atomic E-state index is 0.108. The number of halogens is 1. The molecule has 15 heavy (non-hydrogen) atoms. The maximum Gasteiger partial charge on any atom is 0.224 e. The van der Waals surface area contributed by atoms with Gasteiger partial charge in [0.2, 0.25) is 5.91 Å². The number of hydrogen-bond donors (Lipinski definition) is 1. The van der Waals surface area contributed by atoms with Crippen LogP contribution in [0, 0.1) is 5.82 Å². The first-order chi connectivity index (χ1) is 7.13. The van der Waals surface area contributed by atoms with Crippen molar-refractivity contribution in [2.45, 2.75) is 32.7 Å². The molecule has 82 valence electrons. The van der Waals surface area contributed by atoms with Gasteiger partial charge in [-0.05, 0) is 25.0 Å². The molecule has 1 N–H and O–H groups in total. The summed E-state index contributed by atoms with van der Waals surface area (Å²) in [6, 6.07) is 6.49. The fourth-order valence-electron chi connectivity index (χ4n) is 1.24. The van der Waals surface area contributed by atoms with E-state index in [9.17, 15) is 9.18 Å². The molecular formula is C12H16FNO. The van der Waals surface area contributed by atoms with E-state index in [-0.39, 0.29) is 24.2 Å². The Balaban J connectivity index is 2.55. The first-order valence-electron chi connectivity index (χ1n) is 5.16. The molecule has 0 heterocycles. The van der Waals surface area contributed by atoms with Crippen molar-refractivity contribution in [1.82, 2.24) is 5.32 Å². The van der Waals surface area contributed by atoms with Crippen LogP contribution in [-0.4, -0.2) is 11.9 Å². The minimum Gasteiger partial charge on any atom is -0.353 e. The molecule has 0 radical (unpaired) electrons. The fourth-order valence-corrected chi connectivity index (χ4v) is 1.24. The summed E-state index contributed by atoms with van der Waals surface area (Å²) in [7, 11) is 0. The van der Waals surface area contributed by atoms with Gasteiger partial charge in [0.1, 0.15) is 5.82 Å². The van der Waals surface area contributed by atoms with Crippen LogP contribution in [0.15, 0.2) is 24.3 Å². The first-order valence-corrected chi connectivity index (χ1v) is 5.16. The molecular weight excluding hydrogens is 193 g/mol. The Labute approximate surface area is 89.5 Å². The standard InChI is InChI=1S/C12H16FNO/c1-3-9(2)14-12(15)8-10-6-4-5-7-11(10)13/h4-7,9H,3,8H2,1-2H3,(H,14,15). The van der Waals surface area contributed by atoms with Crippen LogP contribution in [-0.2, 0) is 11.2 Å². The molecule has 1 amide bonds. The number of amides is 1. The first kappa shape index (κ1) is 11.7. The van der Waals surface area contributed by atoms with Gasteiger partial charge in [0.25, 0.3) is 0 Å². The third kappa shape index (κ3) is 3.70. The molecule has 0 saturated heterocycles. The summed E-state index contributed by atoms with van der Waals surface area (Å²) in [5, 5.41) is 2.80. The predicted molar refractivity (Wildman–Crippen MR) is 58.0 cm³/mol. The van der Waals surface area contributed by atoms with Gasteiger partial charge < -0.3 is 5.32 Å². The predicted octanol–water partition coefficient (Wildman–Crippen LogP) is 2.28. The van der Waals surface area contributed by atoms with E-state index in [2.05, 4.69) is 5.32 Å². The van der Waals surface area contributed by atoms with Crippen molar-refractivity contribution in [2.75, 3.05) is 0 Å². The number of rotatable bonds is 4. The second kappa shape index (κ2) is 5.49. The van der Waals surface area contributed by atoms with E-state index in [4.69, 9.17) is 0 Å². The van der Waals surface area contributed by atoms with E-state index in [1.807, 2.05) is 13.8 Å². The lowest BCUT2D eigenvalue weighted by molar-refractivity contribution is -0.121. The number of carbonyl (C=O) groups is 1. The quantitative estimate of drug-likeness (QED) is 0.809. The van der Waals surface area contributed by atoms with Gasteiger partial charge in [-0.2, -0.15) is 0 Å². The molecule has 1 unspecified atom stereocenters. The third-order valence-corrected chi connectivity index (χ3v) is 2.33. The minimum atomic E-state index is -0.322. The highest BCUT2D eigenvalue weighted by Gasteiger charge is 2.09. The van der Waals surface area contributed by atoms with Crippen LogP contribution in [0.2, 0.25) is 0 Å². The second-order valence-corrected chi connectivity index (χ2v) is 3.64. The highest BCUT2D eigenvalue weighted by Crippen LogP contribution is 2.07. The molecule has 1 aromatic rings. The summed E-state index contributed by atoms with van der Waals surface area (Å²) in [5.74, 6) is -0.453. The average Bonchev–Trinajstić information content (AvgIpc) is 2.21. The zero-order valence-electron chi connectivity index (χ0n) is 9.09. The van der Waals surface area contributed by atoms with Crippen molar-refractivity contribution >= 4 is 5.91 Å². The molecule has 1 aromatic carbocycles. The maximum atomic E-state index is 13.2. The van der Waals surface area contributed by atoms with E-state index in [1.165, 1.54) is 6.07 Å². The Morgan fingerprint density at radius 3 is 2.73 bits per heavy atom. The largest absolute Gasteiger partial charge is 0.353 e.